The van der Waals surface area contributed by atoms with E-state index < -0.39 is 65.3 Å². The van der Waals surface area contributed by atoms with Gasteiger partial charge in [-0.05, 0) is 41.7 Å². The van der Waals surface area contributed by atoms with Gasteiger partial charge in [0, 0.05) is 25.3 Å². The predicted molar refractivity (Wildman–Crippen MR) is 179 cm³/mol. The summed E-state index contributed by atoms with van der Waals surface area (Å²) in [6.45, 7) is 6.91. The molecule has 2 aromatic rings. The van der Waals surface area contributed by atoms with E-state index in [2.05, 4.69) is 10.6 Å². The first-order chi connectivity index (χ1) is 22.3. The van der Waals surface area contributed by atoms with Crippen molar-refractivity contribution >= 4 is 47.0 Å². The predicted octanol–water partition coefficient (Wildman–Crippen LogP) is 4.93. The quantitative estimate of drug-likeness (QED) is 0.249. The van der Waals surface area contributed by atoms with Crippen LogP contribution >= 0.6 is 23.2 Å². The summed E-state index contributed by atoms with van der Waals surface area (Å²) in [4.78, 5) is 52.9. The van der Waals surface area contributed by atoms with E-state index in [0.717, 1.165) is 0 Å². The Morgan fingerprint density at radius 1 is 1.02 bits per heavy atom. The number of cyclic esters (lactones) is 2. The second kappa shape index (κ2) is 18.1. The molecule has 0 aromatic heterocycles. The van der Waals surface area contributed by atoms with Gasteiger partial charge >= 0.3 is 11.9 Å². The first kappa shape index (κ1) is 37.9. The van der Waals surface area contributed by atoms with Crippen molar-refractivity contribution in [1.29, 1.82) is 0 Å². The fraction of sp³-hybridized carbons (Fsp3) is 0.486. The first-order valence-electron chi connectivity index (χ1n) is 15.7. The molecule has 0 bridgehead atoms. The first-order valence-corrected chi connectivity index (χ1v) is 16.5. The van der Waals surface area contributed by atoms with E-state index >= 15 is 0 Å². The van der Waals surface area contributed by atoms with Crippen molar-refractivity contribution in [1.82, 2.24) is 10.6 Å². The van der Waals surface area contributed by atoms with Crippen LogP contribution in [0.1, 0.15) is 57.0 Å². The van der Waals surface area contributed by atoms with Gasteiger partial charge in [0.05, 0.1) is 29.5 Å². The normalized spacial score (nSPS) is 24.3. The van der Waals surface area contributed by atoms with Crippen LogP contribution < -0.4 is 15.4 Å². The highest BCUT2D eigenvalue weighted by Gasteiger charge is 2.36. The van der Waals surface area contributed by atoms with E-state index in [4.69, 9.17) is 37.4 Å². The van der Waals surface area contributed by atoms with Crippen LogP contribution in [0.15, 0.2) is 60.7 Å². The maximum atomic E-state index is 13.5. The van der Waals surface area contributed by atoms with Crippen molar-refractivity contribution in [3.05, 3.63) is 76.8 Å². The molecule has 0 fully saturated rings. The van der Waals surface area contributed by atoms with Crippen molar-refractivity contribution in [3.8, 4) is 5.75 Å². The van der Waals surface area contributed by atoms with Crippen molar-refractivity contribution in [2.75, 3.05) is 13.7 Å². The van der Waals surface area contributed by atoms with Crippen LogP contribution in [0.3, 0.4) is 0 Å². The third-order valence-corrected chi connectivity index (χ3v) is 8.73. The minimum Gasteiger partial charge on any atom is -0.495 e. The summed E-state index contributed by atoms with van der Waals surface area (Å²) < 4.78 is 16.7. The van der Waals surface area contributed by atoms with E-state index in [1.807, 2.05) is 19.9 Å². The lowest BCUT2D eigenvalue weighted by molar-refractivity contribution is -0.177. The van der Waals surface area contributed by atoms with Crippen LogP contribution in [0.2, 0.25) is 5.02 Å². The summed E-state index contributed by atoms with van der Waals surface area (Å²) in [5, 5.41) is 16.2. The zero-order valence-corrected chi connectivity index (χ0v) is 28.8. The molecule has 256 valence electrons. The Kier molecular flexibility index (Phi) is 14.6. The Bertz CT molecular complexity index is 1400. The van der Waals surface area contributed by atoms with E-state index in [9.17, 15) is 24.3 Å². The van der Waals surface area contributed by atoms with Crippen LogP contribution in [-0.4, -0.2) is 66.9 Å². The molecule has 10 nitrogen and oxygen atoms in total. The number of alkyl halides is 1. The highest BCUT2D eigenvalue weighted by molar-refractivity contribution is 6.32. The fourth-order valence-electron chi connectivity index (χ4n) is 5.06. The fourth-order valence-corrected chi connectivity index (χ4v) is 5.72. The average Bonchev–Trinajstić information content (AvgIpc) is 3.04. The molecule has 47 heavy (non-hydrogen) atoms. The van der Waals surface area contributed by atoms with Gasteiger partial charge in [-0.15, -0.1) is 11.6 Å². The van der Waals surface area contributed by atoms with Gasteiger partial charge in [0.1, 0.15) is 17.9 Å². The Morgan fingerprint density at radius 3 is 2.36 bits per heavy atom. The standard InChI is InChI=1S/C35H44Cl2N2O8/c1-20(2)16-29-35(44)46-27(22(4)32(41)31(37)24-10-7-6-8-11-24)12-9-13-30(40)39-26(33(42)38-19-21(3)34(43)47-29)18-23-14-15-28(45-5)25(36)17-23/h6-11,13-15,17,20-22,26-27,29,31-32,41H,12,16,18-19H2,1-5H3,(H,38,42)(H,39,40)/b13-9+/t21-,22+,26+,27+,29+,31+,32-/m1/s1. The Hall–Kier alpha value is -3.60. The van der Waals surface area contributed by atoms with Gasteiger partial charge in [-0.2, -0.15) is 0 Å². The number of hydrogen-bond donors (Lipinski definition) is 3. The molecule has 2 amide bonds. The zero-order valence-electron chi connectivity index (χ0n) is 27.3. The van der Waals surface area contributed by atoms with E-state index in [1.54, 1.807) is 56.3 Å². The highest BCUT2D eigenvalue weighted by Crippen LogP contribution is 2.32. The molecule has 3 rings (SSSR count). The Morgan fingerprint density at radius 2 is 1.72 bits per heavy atom. The van der Waals surface area contributed by atoms with Gasteiger partial charge < -0.3 is 30.0 Å². The number of rotatable bonds is 9. The lowest BCUT2D eigenvalue weighted by Gasteiger charge is -2.31. The second-order valence-corrected chi connectivity index (χ2v) is 13.1. The number of ether oxygens (including phenoxy) is 3. The molecule has 7 atom stereocenters. The van der Waals surface area contributed by atoms with Gasteiger partial charge in [-0.3, -0.25) is 14.4 Å². The van der Waals surface area contributed by atoms with Gasteiger partial charge in [0.25, 0.3) is 0 Å². The van der Waals surface area contributed by atoms with Crippen molar-refractivity contribution in [2.45, 2.75) is 76.7 Å². The Labute approximate surface area is 286 Å². The molecule has 0 aliphatic carbocycles. The molecule has 0 radical (unpaired) electrons. The number of carbonyl (C=O) groups is 4. The van der Waals surface area contributed by atoms with Crippen LogP contribution in [0.25, 0.3) is 0 Å². The number of esters is 2. The molecule has 0 spiro atoms. The number of aliphatic hydroxyl groups is 1. The number of aliphatic hydroxyl groups excluding tert-OH is 1. The third-order valence-electron chi connectivity index (χ3n) is 7.93. The summed E-state index contributed by atoms with van der Waals surface area (Å²) in [5.74, 6) is -3.64. The van der Waals surface area contributed by atoms with Gasteiger partial charge in [0.2, 0.25) is 11.8 Å². The zero-order chi connectivity index (χ0) is 34.7. The summed E-state index contributed by atoms with van der Waals surface area (Å²) in [6, 6.07) is 13.0. The maximum Gasteiger partial charge on any atom is 0.347 e. The molecule has 12 heteroatoms. The van der Waals surface area contributed by atoms with Crippen molar-refractivity contribution in [2.24, 2.45) is 17.8 Å². The minimum atomic E-state index is -1.22. The number of carbonyl (C=O) groups excluding carboxylic acids is 4. The van der Waals surface area contributed by atoms with Crippen LogP contribution in [-0.2, 0) is 35.1 Å². The number of hydrogen-bond acceptors (Lipinski definition) is 8. The average molecular weight is 692 g/mol. The molecule has 0 unspecified atom stereocenters. The molecular formula is C35H44Cl2N2O8. The number of nitrogens with one attached hydrogen (secondary N) is 2. The van der Waals surface area contributed by atoms with Crippen LogP contribution in [0, 0.1) is 17.8 Å². The summed E-state index contributed by atoms with van der Waals surface area (Å²) in [6.07, 6.45) is -0.230. The van der Waals surface area contributed by atoms with Gasteiger partial charge in [-0.1, -0.05) is 81.8 Å². The number of halogens is 2. The molecule has 2 aromatic carbocycles. The number of methoxy groups -OCH3 is 1. The van der Waals surface area contributed by atoms with Crippen LogP contribution in [0.5, 0.6) is 5.75 Å². The smallest absolute Gasteiger partial charge is 0.347 e. The molecule has 0 saturated carbocycles. The largest absolute Gasteiger partial charge is 0.495 e. The van der Waals surface area contributed by atoms with Crippen molar-refractivity contribution in [3.63, 3.8) is 0 Å². The summed E-state index contributed by atoms with van der Waals surface area (Å²) in [5.41, 5.74) is 1.36. The molecule has 1 heterocycles. The van der Waals surface area contributed by atoms with Gasteiger partial charge in [0.15, 0.2) is 6.10 Å². The third kappa shape index (κ3) is 11.3. The maximum absolute atomic E-state index is 13.5. The van der Waals surface area contributed by atoms with E-state index in [1.165, 1.54) is 19.3 Å². The van der Waals surface area contributed by atoms with E-state index in [0.29, 0.717) is 21.9 Å². The molecule has 0 saturated heterocycles. The van der Waals surface area contributed by atoms with Crippen LogP contribution in [0.4, 0.5) is 0 Å². The van der Waals surface area contributed by atoms with Gasteiger partial charge in [-0.25, -0.2) is 4.79 Å². The highest BCUT2D eigenvalue weighted by atomic mass is 35.5. The molecule has 3 N–H and O–H groups in total. The summed E-state index contributed by atoms with van der Waals surface area (Å²) >= 11 is 12.9. The van der Waals surface area contributed by atoms with Crippen molar-refractivity contribution < 1.29 is 38.5 Å². The van der Waals surface area contributed by atoms with E-state index in [-0.39, 0.29) is 31.7 Å². The second-order valence-electron chi connectivity index (χ2n) is 12.2. The number of benzene rings is 2. The molecule has 1 aliphatic rings. The molecule has 1 aliphatic heterocycles. The lowest BCUT2D eigenvalue weighted by atomic mass is 9.90. The molecular weight excluding hydrogens is 647 g/mol. The SMILES string of the molecule is COc1ccc(C[C@@H]2NC(=O)/C=C/C[C@@H]([C@H](C)[C@@H](O)[C@@H](Cl)c3ccccc3)OC(=O)[C@H](CC(C)C)OC(=O)[C@H](C)CNC2=O)cc1Cl. The monoisotopic (exact) mass is 690 g/mol. The summed E-state index contributed by atoms with van der Waals surface area (Å²) in [7, 11) is 1.49. The minimum absolute atomic E-state index is 0.0245. The Balaban J connectivity index is 1.92. The topological polar surface area (TPSA) is 140 Å². The number of amides is 2. The lowest BCUT2D eigenvalue weighted by Crippen LogP contribution is -2.49.